The molecule has 0 radical (unpaired) electrons. The van der Waals surface area contributed by atoms with Gasteiger partial charge in [-0.3, -0.25) is 9.59 Å². The third-order valence-corrected chi connectivity index (χ3v) is 6.16. The predicted molar refractivity (Wildman–Crippen MR) is 85.0 cm³/mol. The minimum atomic E-state index is -3.30. The van der Waals surface area contributed by atoms with Gasteiger partial charge in [0.15, 0.2) is 9.84 Å². The summed E-state index contributed by atoms with van der Waals surface area (Å²) in [5, 5.41) is 9.23. The fraction of sp³-hybridized carbons (Fsp3) is 0.500. The molecule has 1 aromatic rings. The van der Waals surface area contributed by atoms with Crippen LogP contribution in [0.4, 0.5) is 0 Å². The fourth-order valence-electron chi connectivity index (χ4n) is 2.90. The Balaban J connectivity index is 2.22. The molecule has 0 spiro atoms. The van der Waals surface area contributed by atoms with Crippen LogP contribution in [-0.2, 0) is 14.6 Å². The summed E-state index contributed by atoms with van der Waals surface area (Å²) in [6, 6.07) is 5.45. The van der Waals surface area contributed by atoms with Crippen molar-refractivity contribution in [3.05, 3.63) is 29.8 Å². The summed E-state index contributed by atoms with van der Waals surface area (Å²) in [6.07, 6.45) is 1.21. The number of amides is 1. The van der Waals surface area contributed by atoms with Crippen molar-refractivity contribution in [3.63, 3.8) is 0 Å². The average molecular weight is 339 g/mol. The Morgan fingerprint density at radius 1 is 1.26 bits per heavy atom. The lowest BCUT2D eigenvalue weighted by Crippen LogP contribution is -2.49. The van der Waals surface area contributed by atoms with Gasteiger partial charge >= 0.3 is 5.97 Å². The summed E-state index contributed by atoms with van der Waals surface area (Å²) in [5.74, 6) is -1.71. The zero-order valence-corrected chi connectivity index (χ0v) is 14.0. The number of carboxylic acid groups (broad SMARTS) is 1. The Kier molecular flexibility index (Phi) is 5.09. The lowest BCUT2D eigenvalue weighted by atomic mass is 9.90. The van der Waals surface area contributed by atoms with Crippen LogP contribution in [-0.4, -0.2) is 48.6 Å². The molecule has 0 saturated carbocycles. The van der Waals surface area contributed by atoms with Gasteiger partial charge < -0.3 is 10.0 Å². The van der Waals surface area contributed by atoms with Gasteiger partial charge in [-0.25, -0.2) is 8.42 Å². The summed E-state index contributed by atoms with van der Waals surface area (Å²) in [5.41, 5.74) is 0.373. The molecule has 0 unspecified atom stereocenters. The zero-order valence-electron chi connectivity index (χ0n) is 13.2. The van der Waals surface area contributed by atoms with Gasteiger partial charge in [-0.15, -0.1) is 0 Å². The van der Waals surface area contributed by atoms with Gasteiger partial charge in [0.1, 0.15) is 0 Å². The third-order valence-electron chi connectivity index (χ3n) is 4.41. The van der Waals surface area contributed by atoms with E-state index in [0.29, 0.717) is 24.9 Å². The highest BCUT2D eigenvalue weighted by molar-refractivity contribution is 7.91. The number of benzene rings is 1. The van der Waals surface area contributed by atoms with Crippen LogP contribution >= 0.6 is 0 Å². The summed E-state index contributed by atoms with van der Waals surface area (Å²) in [4.78, 5) is 25.6. The Labute approximate surface area is 136 Å². The number of nitrogens with zero attached hydrogens (tertiary/aromatic N) is 1. The molecule has 1 aliphatic heterocycles. The van der Waals surface area contributed by atoms with Gasteiger partial charge in [0.25, 0.3) is 5.91 Å². The van der Waals surface area contributed by atoms with Gasteiger partial charge in [0.2, 0.25) is 0 Å². The first kappa shape index (κ1) is 17.5. The number of carboxylic acids is 1. The molecular weight excluding hydrogens is 318 g/mol. The highest BCUT2D eigenvalue weighted by Gasteiger charge is 2.35. The maximum absolute atomic E-state index is 12.6. The number of hydrogen-bond donors (Lipinski definition) is 1. The second-order valence-corrected chi connectivity index (χ2v) is 8.03. The molecule has 1 fully saturated rings. The Hall–Kier alpha value is -1.89. The number of likely N-dealkylation sites (tertiary alicyclic amines) is 1. The molecule has 1 heterocycles. The van der Waals surface area contributed by atoms with E-state index in [9.17, 15) is 23.1 Å². The lowest BCUT2D eigenvalue weighted by molar-refractivity contribution is -0.144. The van der Waals surface area contributed by atoms with E-state index in [1.807, 2.05) is 0 Å². The van der Waals surface area contributed by atoms with E-state index < -0.39 is 21.7 Å². The minimum absolute atomic E-state index is 0.00371. The maximum Gasteiger partial charge on any atom is 0.308 e. The summed E-state index contributed by atoms with van der Waals surface area (Å²) >= 11 is 0. The van der Waals surface area contributed by atoms with Crippen molar-refractivity contribution in [1.82, 2.24) is 4.90 Å². The number of carbonyl (C=O) groups excluding carboxylic acids is 1. The Morgan fingerprint density at radius 2 is 1.87 bits per heavy atom. The Bertz CT molecular complexity index is 696. The van der Waals surface area contributed by atoms with Crippen LogP contribution in [0.25, 0.3) is 0 Å². The van der Waals surface area contributed by atoms with E-state index in [2.05, 4.69) is 0 Å². The minimum Gasteiger partial charge on any atom is -0.481 e. The molecular formula is C16H21NO5S. The predicted octanol–water partition coefficient (Wildman–Crippen LogP) is 1.81. The molecule has 1 saturated heterocycles. The second-order valence-electron chi connectivity index (χ2n) is 5.75. The van der Waals surface area contributed by atoms with E-state index in [1.54, 1.807) is 18.7 Å². The Morgan fingerprint density at radius 3 is 2.39 bits per heavy atom. The lowest BCUT2D eigenvalue weighted by Gasteiger charge is -2.37. The van der Waals surface area contributed by atoms with Gasteiger partial charge in [-0.1, -0.05) is 6.92 Å². The highest BCUT2D eigenvalue weighted by Crippen LogP contribution is 2.25. The van der Waals surface area contributed by atoms with Gasteiger partial charge in [0, 0.05) is 18.2 Å². The van der Waals surface area contributed by atoms with E-state index in [1.165, 1.54) is 24.3 Å². The first-order chi connectivity index (χ1) is 10.8. The van der Waals surface area contributed by atoms with Crippen molar-refractivity contribution >= 4 is 21.7 Å². The SMILES string of the molecule is CCS(=O)(=O)c1ccc(C(=O)N2CCC[C@H](C(=O)O)[C@@H]2C)cc1. The summed E-state index contributed by atoms with van der Waals surface area (Å²) < 4.78 is 23.6. The molecule has 1 N–H and O–H groups in total. The van der Waals surface area contributed by atoms with Crippen LogP contribution < -0.4 is 0 Å². The van der Waals surface area contributed by atoms with Crippen LogP contribution in [0.3, 0.4) is 0 Å². The molecule has 2 rings (SSSR count). The number of hydrogen-bond acceptors (Lipinski definition) is 4. The summed E-state index contributed by atoms with van der Waals surface area (Å²) in [7, 11) is -3.30. The number of piperidine rings is 1. The molecule has 0 aliphatic carbocycles. The molecule has 1 aromatic carbocycles. The van der Waals surface area contributed by atoms with Crippen LogP contribution in [0.15, 0.2) is 29.2 Å². The summed E-state index contributed by atoms with van der Waals surface area (Å²) in [6.45, 7) is 3.82. The van der Waals surface area contributed by atoms with E-state index in [4.69, 9.17) is 0 Å². The van der Waals surface area contributed by atoms with E-state index in [-0.39, 0.29) is 22.6 Å². The zero-order chi connectivity index (χ0) is 17.2. The molecule has 23 heavy (non-hydrogen) atoms. The highest BCUT2D eigenvalue weighted by atomic mass is 32.2. The molecule has 126 valence electrons. The smallest absolute Gasteiger partial charge is 0.308 e. The first-order valence-electron chi connectivity index (χ1n) is 7.64. The second kappa shape index (κ2) is 6.70. The van der Waals surface area contributed by atoms with Gasteiger partial charge in [-0.2, -0.15) is 0 Å². The third kappa shape index (κ3) is 3.55. The van der Waals surface area contributed by atoms with Crippen molar-refractivity contribution in [3.8, 4) is 0 Å². The molecule has 0 bridgehead atoms. The van der Waals surface area contributed by atoms with Gasteiger partial charge in [0.05, 0.1) is 16.6 Å². The van der Waals surface area contributed by atoms with Crippen LogP contribution in [0.5, 0.6) is 0 Å². The van der Waals surface area contributed by atoms with Crippen molar-refractivity contribution in [1.29, 1.82) is 0 Å². The van der Waals surface area contributed by atoms with Crippen LogP contribution in [0.1, 0.15) is 37.0 Å². The number of sulfone groups is 1. The standard InChI is InChI=1S/C16H21NO5S/c1-3-23(21,22)13-8-6-12(7-9-13)15(18)17-10-4-5-14(11(17)2)16(19)20/h6-9,11,14H,3-5,10H2,1-2H3,(H,19,20)/t11-,14-/m0/s1. The molecule has 1 aliphatic rings. The topological polar surface area (TPSA) is 91.8 Å². The largest absolute Gasteiger partial charge is 0.481 e. The van der Waals surface area contributed by atoms with Crippen LogP contribution in [0.2, 0.25) is 0 Å². The number of carbonyl (C=O) groups is 2. The molecule has 6 nitrogen and oxygen atoms in total. The van der Waals surface area contributed by atoms with Crippen molar-refractivity contribution in [2.75, 3.05) is 12.3 Å². The average Bonchev–Trinajstić information content (AvgIpc) is 2.54. The maximum atomic E-state index is 12.6. The van der Waals surface area contributed by atoms with E-state index in [0.717, 1.165) is 0 Å². The molecule has 2 atom stereocenters. The normalized spacial score (nSPS) is 21.9. The van der Waals surface area contributed by atoms with Crippen molar-refractivity contribution < 1.29 is 23.1 Å². The quantitative estimate of drug-likeness (QED) is 0.903. The molecule has 0 aromatic heterocycles. The van der Waals surface area contributed by atoms with Crippen molar-refractivity contribution in [2.45, 2.75) is 37.6 Å². The van der Waals surface area contributed by atoms with Gasteiger partial charge in [-0.05, 0) is 44.0 Å². The number of aliphatic carboxylic acids is 1. The number of rotatable bonds is 4. The van der Waals surface area contributed by atoms with Crippen molar-refractivity contribution in [2.24, 2.45) is 5.92 Å². The molecule has 7 heteroatoms. The van der Waals surface area contributed by atoms with Crippen LogP contribution in [0, 0.1) is 5.92 Å². The first-order valence-corrected chi connectivity index (χ1v) is 9.29. The monoisotopic (exact) mass is 339 g/mol. The molecule has 1 amide bonds. The fourth-order valence-corrected chi connectivity index (χ4v) is 3.78. The van der Waals surface area contributed by atoms with E-state index >= 15 is 0 Å².